The number of rotatable bonds is 4. The zero-order valence-electron chi connectivity index (χ0n) is 10.9. The summed E-state index contributed by atoms with van der Waals surface area (Å²) in [5.74, 6) is 0. The van der Waals surface area contributed by atoms with Crippen LogP contribution in [0.2, 0.25) is 0 Å². The second kappa shape index (κ2) is 6.12. The molecule has 0 aliphatic carbocycles. The van der Waals surface area contributed by atoms with Crippen molar-refractivity contribution in [2.24, 2.45) is 0 Å². The van der Waals surface area contributed by atoms with Crippen molar-refractivity contribution in [1.82, 2.24) is 15.2 Å². The molecule has 94 valence electrons. The molecule has 1 atom stereocenters. The number of hydrogen-bond acceptors (Lipinski definition) is 3. The Labute approximate surface area is 104 Å². The number of pyridine rings is 1. The highest BCUT2D eigenvalue weighted by molar-refractivity contribution is 5.21. The summed E-state index contributed by atoms with van der Waals surface area (Å²) in [6, 6.07) is 2.82. The number of aromatic nitrogens is 1. The molecule has 0 spiro atoms. The Morgan fingerprint density at radius 3 is 3.18 bits per heavy atom. The molecule has 0 aromatic carbocycles. The molecule has 3 nitrogen and oxygen atoms in total. The predicted molar refractivity (Wildman–Crippen MR) is 70.9 cm³/mol. The summed E-state index contributed by atoms with van der Waals surface area (Å²) >= 11 is 0. The molecule has 1 saturated heterocycles. The van der Waals surface area contributed by atoms with Crippen LogP contribution in [0.15, 0.2) is 18.5 Å². The van der Waals surface area contributed by atoms with Crippen molar-refractivity contribution in [2.45, 2.75) is 39.3 Å². The van der Waals surface area contributed by atoms with Crippen LogP contribution in [0.5, 0.6) is 0 Å². The van der Waals surface area contributed by atoms with Gasteiger partial charge in [0.05, 0.1) is 0 Å². The smallest absolute Gasteiger partial charge is 0.0300 e. The Kier molecular flexibility index (Phi) is 4.51. The first-order chi connectivity index (χ1) is 8.29. The minimum Gasteiger partial charge on any atom is -0.311 e. The lowest BCUT2D eigenvalue weighted by Crippen LogP contribution is -2.50. The van der Waals surface area contributed by atoms with E-state index in [9.17, 15) is 0 Å². The Balaban J connectivity index is 1.92. The molecule has 1 N–H and O–H groups in total. The summed E-state index contributed by atoms with van der Waals surface area (Å²) in [5.41, 5.74) is 2.72. The largest absolute Gasteiger partial charge is 0.311 e. The molecule has 1 aliphatic heterocycles. The van der Waals surface area contributed by atoms with Gasteiger partial charge in [-0.25, -0.2) is 0 Å². The fraction of sp³-hybridized carbons (Fsp3) is 0.643. The average Bonchev–Trinajstić information content (AvgIpc) is 2.33. The number of nitrogens with zero attached hydrogens (tertiary/aromatic N) is 2. The zero-order valence-corrected chi connectivity index (χ0v) is 10.9. The second-order valence-electron chi connectivity index (χ2n) is 4.98. The number of hydrogen-bond donors (Lipinski definition) is 1. The highest BCUT2D eigenvalue weighted by Gasteiger charge is 2.18. The predicted octanol–water partition coefficient (Wildman–Crippen LogP) is 1.96. The SMILES string of the molecule is CCCC1CN(Cc2ccncc2C)CCN1. The zero-order chi connectivity index (χ0) is 12.1. The van der Waals surface area contributed by atoms with Gasteiger partial charge in [0.2, 0.25) is 0 Å². The Hall–Kier alpha value is -0.930. The fourth-order valence-electron chi connectivity index (χ4n) is 2.50. The molecule has 1 aromatic heterocycles. The summed E-state index contributed by atoms with van der Waals surface area (Å²) in [7, 11) is 0. The van der Waals surface area contributed by atoms with Crippen LogP contribution in [-0.2, 0) is 6.54 Å². The van der Waals surface area contributed by atoms with E-state index in [1.165, 1.54) is 30.5 Å². The van der Waals surface area contributed by atoms with Crippen molar-refractivity contribution < 1.29 is 0 Å². The maximum atomic E-state index is 4.15. The Morgan fingerprint density at radius 1 is 1.53 bits per heavy atom. The average molecular weight is 233 g/mol. The second-order valence-corrected chi connectivity index (χ2v) is 4.98. The van der Waals surface area contributed by atoms with Gasteiger partial charge in [0, 0.05) is 44.6 Å². The van der Waals surface area contributed by atoms with Gasteiger partial charge in [-0.2, -0.15) is 0 Å². The third-order valence-corrected chi connectivity index (χ3v) is 3.51. The Morgan fingerprint density at radius 2 is 2.41 bits per heavy atom. The molecule has 0 bridgehead atoms. The van der Waals surface area contributed by atoms with Crippen molar-refractivity contribution in [3.05, 3.63) is 29.6 Å². The van der Waals surface area contributed by atoms with Gasteiger partial charge in [0.15, 0.2) is 0 Å². The maximum Gasteiger partial charge on any atom is 0.0300 e. The quantitative estimate of drug-likeness (QED) is 0.861. The van der Waals surface area contributed by atoms with Crippen molar-refractivity contribution in [1.29, 1.82) is 0 Å². The minimum absolute atomic E-state index is 0.677. The molecule has 17 heavy (non-hydrogen) atoms. The maximum absolute atomic E-state index is 4.15. The molecule has 2 heterocycles. The van der Waals surface area contributed by atoms with Gasteiger partial charge >= 0.3 is 0 Å². The van der Waals surface area contributed by atoms with Crippen LogP contribution < -0.4 is 5.32 Å². The summed E-state index contributed by atoms with van der Waals surface area (Å²) in [5, 5.41) is 3.60. The molecule has 1 aromatic rings. The lowest BCUT2D eigenvalue weighted by Gasteiger charge is -2.33. The van der Waals surface area contributed by atoms with E-state index < -0.39 is 0 Å². The van der Waals surface area contributed by atoms with E-state index in [-0.39, 0.29) is 0 Å². The van der Waals surface area contributed by atoms with Crippen molar-refractivity contribution >= 4 is 0 Å². The molecule has 1 fully saturated rings. The lowest BCUT2D eigenvalue weighted by molar-refractivity contribution is 0.186. The molecular formula is C14H23N3. The van der Waals surface area contributed by atoms with Crippen molar-refractivity contribution in [3.63, 3.8) is 0 Å². The van der Waals surface area contributed by atoms with Crippen LogP contribution >= 0.6 is 0 Å². The van der Waals surface area contributed by atoms with E-state index in [0.717, 1.165) is 19.6 Å². The van der Waals surface area contributed by atoms with E-state index in [4.69, 9.17) is 0 Å². The summed E-state index contributed by atoms with van der Waals surface area (Å²) in [6.07, 6.45) is 6.40. The standard InChI is InChI=1S/C14H23N3/c1-3-4-14-11-17(8-7-16-14)10-13-5-6-15-9-12(13)2/h5-6,9,14,16H,3-4,7-8,10-11H2,1-2H3. The first kappa shape index (κ1) is 12.5. The van der Waals surface area contributed by atoms with Crippen molar-refractivity contribution in [2.75, 3.05) is 19.6 Å². The van der Waals surface area contributed by atoms with Gasteiger partial charge < -0.3 is 5.32 Å². The van der Waals surface area contributed by atoms with Crippen LogP contribution in [0.3, 0.4) is 0 Å². The molecule has 1 unspecified atom stereocenters. The number of piperazine rings is 1. The van der Waals surface area contributed by atoms with Crippen LogP contribution in [0.4, 0.5) is 0 Å². The summed E-state index contributed by atoms with van der Waals surface area (Å²) < 4.78 is 0. The highest BCUT2D eigenvalue weighted by Crippen LogP contribution is 2.12. The normalized spacial score (nSPS) is 21.6. The van der Waals surface area contributed by atoms with Crippen molar-refractivity contribution in [3.8, 4) is 0 Å². The monoisotopic (exact) mass is 233 g/mol. The summed E-state index contributed by atoms with van der Waals surface area (Å²) in [6.45, 7) is 8.92. The van der Waals surface area contributed by atoms with Crippen LogP contribution in [0, 0.1) is 6.92 Å². The van der Waals surface area contributed by atoms with Gasteiger partial charge in [0.1, 0.15) is 0 Å². The van der Waals surface area contributed by atoms with E-state index >= 15 is 0 Å². The topological polar surface area (TPSA) is 28.2 Å². The molecule has 0 saturated carbocycles. The molecule has 2 rings (SSSR count). The van der Waals surface area contributed by atoms with E-state index in [2.05, 4.69) is 35.1 Å². The minimum atomic E-state index is 0.677. The first-order valence-electron chi connectivity index (χ1n) is 6.65. The van der Waals surface area contributed by atoms with E-state index in [0.29, 0.717) is 6.04 Å². The molecule has 0 amide bonds. The lowest BCUT2D eigenvalue weighted by atomic mass is 10.1. The van der Waals surface area contributed by atoms with Gasteiger partial charge in [-0.15, -0.1) is 0 Å². The van der Waals surface area contributed by atoms with Crippen LogP contribution in [-0.4, -0.2) is 35.6 Å². The van der Waals surface area contributed by atoms with Gasteiger partial charge in [-0.05, 0) is 30.5 Å². The van der Waals surface area contributed by atoms with Crippen LogP contribution in [0.1, 0.15) is 30.9 Å². The molecular weight excluding hydrogens is 210 g/mol. The Bertz CT molecular complexity index is 349. The third-order valence-electron chi connectivity index (χ3n) is 3.51. The number of aryl methyl sites for hydroxylation is 1. The fourth-order valence-corrected chi connectivity index (χ4v) is 2.50. The third kappa shape index (κ3) is 3.51. The summed E-state index contributed by atoms with van der Waals surface area (Å²) in [4.78, 5) is 6.71. The first-order valence-corrected chi connectivity index (χ1v) is 6.65. The molecule has 0 radical (unpaired) electrons. The molecule has 3 heteroatoms. The highest BCUT2D eigenvalue weighted by atomic mass is 15.2. The van der Waals surface area contributed by atoms with Gasteiger partial charge in [-0.3, -0.25) is 9.88 Å². The number of nitrogens with one attached hydrogen (secondary N) is 1. The van der Waals surface area contributed by atoms with E-state index in [1.54, 1.807) is 0 Å². The van der Waals surface area contributed by atoms with Crippen LogP contribution in [0.25, 0.3) is 0 Å². The van der Waals surface area contributed by atoms with Gasteiger partial charge in [-0.1, -0.05) is 13.3 Å². The molecule has 1 aliphatic rings. The van der Waals surface area contributed by atoms with Gasteiger partial charge in [0.25, 0.3) is 0 Å². The van der Waals surface area contributed by atoms with E-state index in [1.807, 2.05) is 12.4 Å².